The van der Waals surface area contributed by atoms with Crippen molar-refractivity contribution in [2.24, 2.45) is 5.73 Å². The lowest BCUT2D eigenvalue weighted by Gasteiger charge is -2.25. The van der Waals surface area contributed by atoms with Crippen LogP contribution in [-0.2, 0) is 0 Å². The molecule has 1 aliphatic heterocycles. The maximum absolute atomic E-state index is 11.6. The number of carbonyl (C=O) groups is 1. The zero-order chi connectivity index (χ0) is 16.4. The fraction of sp³-hybridized carbons (Fsp3) is 0.353. The molecular weight excluding hydrogens is 292 g/mol. The van der Waals surface area contributed by atoms with Crippen molar-refractivity contribution in [3.63, 3.8) is 0 Å². The topological polar surface area (TPSA) is 81.3 Å². The summed E-state index contributed by atoms with van der Waals surface area (Å²) in [4.78, 5) is 22.4. The van der Waals surface area contributed by atoms with E-state index in [0.29, 0.717) is 11.7 Å². The Morgan fingerprint density at radius 3 is 2.74 bits per heavy atom. The zero-order valence-electron chi connectivity index (χ0n) is 13.3. The highest BCUT2D eigenvalue weighted by molar-refractivity contribution is 5.93. The Balaban J connectivity index is 1.95. The minimum atomic E-state index is -0.614. The normalized spacial score (nSPS) is 17.3. The molecule has 0 saturated carbocycles. The third kappa shape index (κ3) is 2.97. The van der Waals surface area contributed by atoms with Gasteiger partial charge in [-0.2, -0.15) is 0 Å². The summed E-state index contributed by atoms with van der Waals surface area (Å²) in [7, 11) is 1.47. The highest BCUT2D eigenvalue weighted by Gasteiger charge is 2.29. The van der Waals surface area contributed by atoms with Crippen LogP contribution in [0.3, 0.4) is 0 Å². The number of methoxy groups -OCH3 is 1. The number of carbonyl (C=O) groups excluding carboxylic acids is 1. The van der Waals surface area contributed by atoms with Gasteiger partial charge in [-0.05, 0) is 25.3 Å². The maximum atomic E-state index is 11.6. The lowest BCUT2D eigenvalue weighted by atomic mass is 10.0. The van der Waals surface area contributed by atoms with Crippen molar-refractivity contribution in [3.8, 4) is 5.75 Å². The lowest BCUT2D eigenvalue weighted by Crippen LogP contribution is -2.26. The third-order valence-electron chi connectivity index (χ3n) is 4.17. The van der Waals surface area contributed by atoms with Gasteiger partial charge in [0, 0.05) is 6.54 Å². The molecule has 1 aromatic heterocycles. The minimum absolute atomic E-state index is 0.118. The number of aryl methyl sites for hydroxylation is 1. The van der Waals surface area contributed by atoms with E-state index in [9.17, 15) is 4.79 Å². The van der Waals surface area contributed by atoms with Crippen LogP contribution in [0.15, 0.2) is 30.5 Å². The Labute approximate surface area is 135 Å². The number of hydrogen-bond donors (Lipinski definition) is 1. The van der Waals surface area contributed by atoms with Gasteiger partial charge in [0.2, 0.25) is 5.95 Å². The van der Waals surface area contributed by atoms with Gasteiger partial charge >= 0.3 is 0 Å². The summed E-state index contributed by atoms with van der Waals surface area (Å²) in [6, 6.07) is 8.70. The molecule has 1 fully saturated rings. The molecule has 0 aliphatic carbocycles. The summed E-state index contributed by atoms with van der Waals surface area (Å²) < 4.78 is 5.10. The smallest absolute Gasteiger partial charge is 0.271 e. The summed E-state index contributed by atoms with van der Waals surface area (Å²) in [5.74, 6) is 0.201. The van der Waals surface area contributed by atoms with Gasteiger partial charge in [-0.1, -0.05) is 29.8 Å². The van der Waals surface area contributed by atoms with Crippen molar-refractivity contribution in [3.05, 3.63) is 47.3 Å². The van der Waals surface area contributed by atoms with E-state index in [2.05, 4.69) is 46.1 Å². The number of nitrogens with zero attached hydrogens (tertiary/aromatic N) is 3. The summed E-state index contributed by atoms with van der Waals surface area (Å²) in [6.45, 7) is 2.92. The van der Waals surface area contributed by atoms with Crippen LogP contribution in [0.25, 0.3) is 0 Å². The molecule has 1 aromatic carbocycles. The number of ether oxygens (including phenoxy) is 1. The monoisotopic (exact) mass is 312 g/mol. The van der Waals surface area contributed by atoms with Gasteiger partial charge in [-0.3, -0.25) is 4.79 Å². The van der Waals surface area contributed by atoms with Gasteiger partial charge in [0.1, 0.15) is 0 Å². The lowest BCUT2D eigenvalue weighted by molar-refractivity contribution is 0.0992. The van der Waals surface area contributed by atoms with Crippen molar-refractivity contribution in [2.45, 2.75) is 25.8 Å². The van der Waals surface area contributed by atoms with E-state index in [4.69, 9.17) is 10.5 Å². The zero-order valence-corrected chi connectivity index (χ0v) is 13.3. The second-order valence-electron chi connectivity index (χ2n) is 5.71. The van der Waals surface area contributed by atoms with E-state index < -0.39 is 5.91 Å². The molecule has 1 atom stereocenters. The number of nitrogens with two attached hydrogens (primary N) is 1. The number of primary amides is 1. The highest BCUT2D eigenvalue weighted by atomic mass is 16.5. The van der Waals surface area contributed by atoms with Crippen LogP contribution in [0, 0.1) is 6.92 Å². The Kier molecular flexibility index (Phi) is 4.14. The molecule has 1 aliphatic rings. The van der Waals surface area contributed by atoms with E-state index in [-0.39, 0.29) is 11.7 Å². The molecule has 23 heavy (non-hydrogen) atoms. The number of aromatic nitrogens is 2. The van der Waals surface area contributed by atoms with Crippen LogP contribution in [0.2, 0.25) is 0 Å². The van der Waals surface area contributed by atoms with Gasteiger partial charge in [0.25, 0.3) is 5.91 Å². The average Bonchev–Trinajstić information content (AvgIpc) is 3.04. The van der Waals surface area contributed by atoms with Gasteiger partial charge in [-0.25, -0.2) is 9.97 Å². The van der Waals surface area contributed by atoms with Crippen LogP contribution in [0.1, 0.15) is 40.5 Å². The van der Waals surface area contributed by atoms with Crippen LogP contribution in [-0.4, -0.2) is 29.5 Å². The molecule has 2 heterocycles. The molecule has 0 radical (unpaired) electrons. The average molecular weight is 312 g/mol. The Bertz CT molecular complexity index is 715. The first-order valence-electron chi connectivity index (χ1n) is 7.64. The minimum Gasteiger partial charge on any atom is -0.493 e. The van der Waals surface area contributed by atoms with Crippen molar-refractivity contribution in [1.82, 2.24) is 9.97 Å². The predicted octanol–water partition coefficient (Wildman–Crippen LogP) is 2.23. The van der Waals surface area contributed by atoms with Crippen LogP contribution in [0.4, 0.5) is 5.95 Å². The Morgan fingerprint density at radius 2 is 2.09 bits per heavy atom. The second kappa shape index (κ2) is 6.24. The maximum Gasteiger partial charge on any atom is 0.271 e. The van der Waals surface area contributed by atoms with Crippen LogP contribution in [0.5, 0.6) is 5.75 Å². The molecule has 2 aromatic rings. The van der Waals surface area contributed by atoms with Crippen LogP contribution < -0.4 is 15.4 Å². The molecule has 0 unspecified atom stereocenters. The molecule has 0 spiro atoms. The van der Waals surface area contributed by atoms with Gasteiger partial charge in [-0.15, -0.1) is 0 Å². The largest absolute Gasteiger partial charge is 0.493 e. The molecule has 0 bridgehead atoms. The first-order valence-corrected chi connectivity index (χ1v) is 7.64. The standard InChI is InChI=1S/C17H20N4O2/c1-11-5-7-12(8-6-11)13-4-3-9-21(13)17-19-10-14(23-2)15(20-17)16(18)22/h5-8,10,13H,3-4,9H2,1-2H3,(H2,18,22)/t13-/m0/s1. The van der Waals surface area contributed by atoms with Crippen molar-refractivity contribution in [2.75, 3.05) is 18.6 Å². The first-order chi connectivity index (χ1) is 11.1. The predicted molar refractivity (Wildman–Crippen MR) is 87.6 cm³/mol. The number of rotatable bonds is 4. The fourth-order valence-electron chi connectivity index (χ4n) is 2.97. The van der Waals surface area contributed by atoms with E-state index in [1.54, 1.807) is 0 Å². The Morgan fingerprint density at radius 1 is 1.35 bits per heavy atom. The van der Waals surface area contributed by atoms with Crippen molar-refractivity contribution >= 4 is 11.9 Å². The van der Waals surface area contributed by atoms with E-state index in [1.165, 1.54) is 24.4 Å². The molecule has 2 N–H and O–H groups in total. The number of amides is 1. The molecule has 1 saturated heterocycles. The molecule has 3 rings (SSSR count). The number of benzene rings is 1. The summed E-state index contributed by atoms with van der Waals surface area (Å²) >= 11 is 0. The Hall–Kier alpha value is -2.63. The number of anilines is 1. The summed E-state index contributed by atoms with van der Waals surface area (Å²) in [5, 5.41) is 0. The summed E-state index contributed by atoms with van der Waals surface area (Å²) in [6.07, 6.45) is 3.59. The van der Waals surface area contributed by atoms with E-state index >= 15 is 0 Å². The quantitative estimate of drug-likeness (QED) is 0.936. The highest BCUT2D eigenvalue weighted by Crippen LogP contribution is 2.35. The van der Waals surface area contributed by atoms with Gasteiger partial charge in [0.15, 0.2) is 11.4 Å². The van der Waals surface area contributed by atoms with E-state index in [0.717, 1.165) is 19.4 Å². The van der Waals surface area contributed by atoms with Crippen molar-refractivity contribution in [1.29, 1.82) is 0 Å². The van der Waals surface area contributed by atoms with Crippen LogP contribution >= 0.6 is 0 Å². The fourth-order valence-corrected chi connectivity index (χ4v) is 2.97. The van der Waals surface area contributed by atoms with Gasteiger partial charge in [0.05, 0.1) is 19.3 Å². The molecule has 1 amide bonds. The molecule has 120 valence electrons. The summed E-state index contributed by atoms with van der Waals surface area (Å²) in [5.41, 5.74) is 7.97. The number of hydrogen-bond acceptors (Lipinski definition) is 5. The molecule has 6 heteroatoms. The first kappa shape index (κ1) is 15.3. The molecule has 6 nitrogen and oxygen atoms in total. The van der Waals surface area contributed by atoms with E-state index in [1.807, 2.05) is 0 Å². The third-order valence-corrected chi connectivity index (χ3v) is 4.17. The van der Waals surface area contributed by atoms with Crippen molar-refractivity contribution < 1.29 is 9.53 Å². The molecular formula is C17H20N4O2. The SMILES string of the molecule is COc1cnc(N2CCC[C@H]2c2ccc(C)cc2)nc1C(N)=O. The van der Waals surface area contributed by atoms with Gasteiger partial charge < -0.3 is 15.4 Å². The second-order valence-corrected chi connectivity index (χ2v) is 5.71.